The molecule has 0 fully saturated rings. The van der Waals surface area contributed by atoms with E-state index in [0.717, 1.165) is 10.8 Å². The number of fused-ring (bicyclic) bond motifs is 1. The highest BCUT2D eigenvalue weighted by Gasteiger charge is 1.87. The molecule has 0 bridgehead atoms. The van der Waals surface area contributed by atoms with Crippen LogP contribution in [-0.2, 0) is 0 Å². The van der Waals surface area contributed by atoms with Gasteiger partial charge in [0, 0.05) is 10.8 Å². The van der Waals surface area contributed by atoms with Gasteiger partial charge < -0.3 is 0 Å². The fourth-order valence-corrected chi connectivity index (χ4v) is 0.937. The summed E-state index contributed by atoms with van der Waals surface area (Å²) >= 11 is 0. The molecule has 1 heterocycles. The first kappa shape index (κ1) is 8.65. The average Bonchev–Trinajstić information content (AvgIpc) is 2.21. The Morgan fingerprint density at radius 1 is 0.833 bits per heavy atom. The minimum absolute atomic E-state index is 1.14. The highest BCUT2D eigenvalue weighted by molar-refractivity contribution is 5.80. The summed E-state index contributed by atoms with van der Waals surface area (Å²) in [5.41, 5.74) is 0. The van der Waals surface area contributed by atoms with Crippen LogP contribution in [0.5, 0.6) is 0 Å². The molecule has 0 saturated carbocycles. The molecule has 0 amide bonds. The number of nitrogens with zero attached hydrogens (tertiary/aromatic N) is 2. The van der Waals surface area contributed by atoms with Crippen molar-refractivity contribution in [3.05, 3.63) is 36.7 Å². The molecule has 0 unspecified atom stereocenters. The van der Waals surface area contributed by atoms with Crippen molar-refractivity contribution >= 4 is 10.8 Å². The Bertz CT molecular complexity index is 279. The predicted octanol–water partition coefficient (Wildman–Crippen LogP) is 2.66. The summed E-state index contributed by atoms with van der Waals surface area (Å²) in [6.45, 7) is 4.00. The van der Waals surface area contributed by atoms with Gasteiger partial charge in [-0.05, 0) is 0 Å². The number of aromatic nitrogens is 2. The summed E-state index contributed by atoms with van der Waals surface area (Å²) in [4.78, 5) is 0. The van der Waals surface area contributed by atoms with Crippen molar-refractivity contribution in [1.29, 1.82) is 0 Å². The van der Waals surface area contributed by atoms with Gasteiger partial charge in [0.2, 0.25) is 0 Å². The predicted molar refractivity (Wildman–Crippen MR) is 50.9 cm³/mol. The van der Waals surface area contributed by atoms with Crippen LogP contribution in [0.25, 0.3) is 10.8 Å². The van der Waals surface area contributed by atoms with E-state index >= 15 is 0 Å². The van der Waals surface area contributed by atoms with Crippen LogP contribution in [-0.4, -0.2) is 10.2 Å². The van der Waals surface area contributed by atoms with E-state index in [-0.39, 0.29) is 0 Å². The molecule has 0 atom stereocenters. The zero-order valence-electron chi connectivity index (χ0n) is 7.36. The van der Waals surface area contributed by atoms with Crippen LogP contribution in [0.4, 0.5) is 0 Å². The lowest BCUT2D eigenvalue weighted by Crippen LogP contribution is -1.77. The molecule has 2 aromatic rings. The van der Waals surface area contributed by atoms with Gasteiger partial charge in [0.05, 0.1) is 12.4 Å². The molecule has 0 spiro atoms. The Labute approximate surface area is 72.3 Å². The third kappa shape index (κ3) is 1.78. The summed E-state index contributed by atoms with van der Waals surface area (Å²) in [5, 5.41) is 9.80. The van der Waals surface area contributed by atoms with E-state index in [2.05, 4.69) is 10.2 Å². The van der Waals surface area contributed by atoms with Crippen LogP contribution in [0.3, 0.4) is 0 Å². The molecular formula is C10H12N2. The summed E-state index contributed by atoms with van der Waals surface area (Å²) in [6.07, 6.45) is 3.52. The molecule has 0 saturated heterocycles. The van der Waals surface area contributed by atoms with Gasteiger partial charge in [-0.15, -0.1) is 0 Å². The second kappa shape index (κ2) is 4.44. The smallest absolute Gasteiger partial charge is 0.0574 e. The van der Waals surface area contributed by atoms with Gasteiger partial charge in [-0.3, -0.25) is 0 Å². The van der Waals surface area contributed by atoms with Crippen molar-refractivity contribution in [2.24, 2.45) is 0 Å². The van der Waals surface area contributed by atoms with Gasteiger partial charge in [0.1, 0.15) is 0 Å². The molecule has 2 nitrogen and oxygen atoms in total. The standard InChI is InChI=1S/C8H6N2.C2H6/c1-2-4-8-6-10-9-5-7(8)3-1;1-2/h1-6H;1-2H3. The number of benzene rings is 1. The molecule has 2 rings (SSSR count). The lowest BCUT2D eigenvalue weighted by atomic mass is 10.2. The summed E-state index contributed by atoms with van der Waals surface area (Å²) < 4.78 is 0. The molecule has 0 N–H and O–H groups in total. The minimum atomic E-state index is 1.14. The number of hydrogen-bond donors (Lipinski definition) is 0. The number of hydrogen-bond acceptors (Lipinski definition) is 2. The molecule has 0 aliphatic rings. The normalized spacial score (nSPS) is 8.83. The van der Waals surface area contributed by atoms with Gasteiger partial charge in [-0.1, -0.05) is 38.1 Å². The fourth-order valence-electron chi connectivity index (χ4n) is 0.937. The molecular weight excluding hydrogens is 148 g/mol. The topological polar surface area (TPSA) is 25.8 Å². The molecule has 1 aromatic heterocycles. The first-order valence-electron chi connectivity index (χ1n) is 4.12. The maximum absolute atomic E-state index is 3.76. The van der Waals surface area contributed by atoms with Gasteiger partial charge in [0.15, 0.2) is 0 Å². The van der Waals surface area contributed by atoms with Crippen molar-refractivity contribution in [1.82, 2.24) is 10.2 Å². The minimum Gasteiger partial charge on any atom is -0.158 e. The molecule has 12 heavy (non-hydrogen) atoms. The van der Waals surface area contributed by atoms with Crippen molar-refractivity contribution in [2.45, 2.75) is 13.8 Å². The largest absolute Gasteiger partial charge is 0.158 e. The van der Waals surface area contributed by atoms with E-state index in [1.807, 2.05) is 38.1 Å². The SMILES string of the molecule is CC.c1ccc2cnncc2c1. The second-order valence-electron chi connectivity index (χ2n) is 2.12. The molecule has 0 radical (unpaired) electrons. The van der Waals surface area contributed by atoms with Crippen molar-refractivity contribution in [2.75, 3.05) is 0 Å². The molecule has 0 aliphatic heterocycles. The van der Waals surface area contributed by atoms with Crippen LogP contribution >= 0.6 is 0 Å². The van der Waals surface area contributed by atoms with Crippen LogP contribution in [0.15, 0.2) is 36.7 Å². The van der Waals surface area contributed by atoms with Crippen LogP contribution < -0.4 is 0 Å². The van der Waals surface area contributed by atoms with Gasteiger partial charge >= 0.3 is 0 Å². The Kier molecular flexibility index (Phi) is 3.20. The number of rotatable bonds is 0. The van der Waals surface area contributed by atoms with E-state index in [9.17, 15) is 0 Å². The Morgan fingerprint density at radius 2 is 1.25 bits per heavy atom. The third-order valence-corrected chi connectivity index (χ3v) is 1.46. The maximum atomic E-state index is 3.76. The van der Waals surface area contributed by atoms with E-state index in [1.165, 1.54) is 0 Å². The zero-order valence-corrected chi connectivity index (χ0v) is 7.36. The summed E-state index contributed by atoms with van der Waals surface area (Å²) in [5.74, 6) is 0. The Balaban J connectivity index is 0.000000336. The van der Waals surface area contributed by atoms with E-state index < -0.39 is 0 Å². The van der Waals surface area contributed by atoms with Gasteiger partial charge in [-0.2, -0.15) is 10.2 Å². The van der Waals surface area contributed by atoms with Crippen LogP contribution in [0.2, 0.25) is 0 Å². The Hall–Kier alpha value is -1.44. The molecule has 1 aromatic carbocycles. The maximum Gasteiger partial charge on any atom is 0.0574 e. The zero-order chi connectivity index (χ0) is 8.81. The highest BCUT2D eigenvalue weighted by atomic mass is 15.1. The van der Waals surface area contributed by atoms with Crippen molar-refractivity contribution in [3.8, 4) is 0 Å². The van der Waals surface area contributed by atoms with Gasteiger partial charge in [0.25, 0.3) is 0 Å². The van der Waals surface area contributed by atoms with Crippen molar-refractivity contribution < 1.29 is 0 Å². The molecule has 2 heteroatoms. The Morgan fingerprint density at radius 3 is 1.67 bits per heavy atom. The van der Waals surface area contributed by atoms with Crippen molar-refractivity contribution in [3.63, 3.8) is 0 Å². The van der Waals surface area contributed by atoms with Crippen LogP contribution in [0, 0.1) is 0 Å². The molecule has 0 aliphatic carbocycles. The first-order valence-corrected chi connectivity index (χ1v) is 4.12. The van der Waals surface area contributed by atoms with E-state index in [4.69, 9.17) is 0 Å². The average molecular weight is 160 g/mol. The monoisotopic (exact) mass is 160 g/mol. The second-order valence-corrected chi connectivity index (χ2v) is 2.12. The molecule has 62 valence electrons. The first-order chi connectivity index (χ1) is 5.97. The van der Waals surface area contributed by atoms with E-state index in [0.29, 0.717) is 0 Å². The quantitative estimate of drug-likeness (QED) is 0.592. The summed E-state index contributed by atoms with van der Waals surface area (Å²) in [7, 11) is 0. The highest BCUT2D eigenvalue weighted by Crippen LogP contribution is 2.08. The summed E-state index contributed by atoms with van der Waals surface area (Å²) in [6, 6.07) is 8.02. The third-order valence-electron chi connectivity index (χ3n) is 1.46. The lowest BCUT2D eigenvalue weighted by Gasteiger charge is -1.90. The fraction of sp³-hybridized carbons (Fsp3) is 0.200. The lowest BCUT2D eigenvalue weighted by molar-refractivity contribution is 1.05. The van der Waals surface area contributed by atoms with E-state index in [1.54, 1.807) is 12.4 Å². The van der Waals surface area contributed by atoms with Gasteiger partial charge in [-0.25, -0.2) is 0 Å². The van der Waals surface area contributed by atoms with Crippen LogP contribution in [0.1, 0.15) is 13.8 Å².